The number of anilines is 1. The molecule has 0 spiro atoms. The van der Waals surface area contributed by atoms with Crippen LogP contribution in [0.3, 0.4) is 0 Å². The van der Waals surface area contributed by atoms with Crippen molar-refractivity contribution in [2.24, 2.45) is 5.92 Å². The van der Waals surface area contributed by atoms with Crippen LogP contribution in [0.15, 0.2) is 0 Å². The Bertz CT molecular complexity index is 452. The van der Waals surface area contributed by atoms with E-state index in [-0.39, 0.29) is 5.91 Å². The maximum atomic E-state index is 12.5. The second kappa shape index (κ2) is 6.74. The van der Waals surface area contributed by atoms with E-state index in [2.05, 4.69) is 17.1 Å². The molecule has 1 saturated heterocycles. The Morgan fingerprint density at radius 1 is 1.55 bits per heavy atom. The zero-order valence-corrected chi connectivity index (χ0v) is 12.3. The van der Waals surface area contributed by atoms with Gasteiger partial charge in [-0.25, -0.2) is 0 Å². The van der Waals surface area contributed by atoms with E-state index < -0.39 is 0 Å². The highest BCUT2D eigenvalue weighted by atomic mass is 16.5. The zero-order chi connectivity index (χ0) is 14.5. The molecule has 0 saturated carbocycles. The minimum absolute atomic E-state index is 0.0875. The number of nitrogens with one attached hydrogen (secondary N) is 1. The first-order chi connectivity index (χ1) is 9.67. The molecule has 3 N–H and O–H groups in total. The van der Waals surface area contributed by atoms with E-state index in [0.29, 0.717) is 30.4 Å². The highest BCUT2D eigenvalue weighted by molar-refractivity contribution is 5.97. The number of H-pyrrole nitrogens is 1. The van der Waals surface area contributed by atoms with Crippen molar-refractivity contribution in [2.75, 3.05) is 32.0 Å². The Morgan fingerprint density at radius 2 is 2.35 bits per heavy atom. The van der Waals surface area contributed by atoms with Gasteiger partial charge in [0.25, 0.3) is 5.91 Å². The van der Waals surface area contributed by atoms with Crippen LogP contribution in [-0.2, 0) is 11.2 Å². The van der Waals surface area contributed by atoms with E-state index in [1.165, 1.54) is 0 Å². The average molecular weight is 280 g/mol. The molecule has 1 aliphatic rings. The molecule has 20 heavy (non-hydrogen) atoms. The van der Waals surface area contributed by atoms with Crippen molar-refractivity contribution in [1.82, 2.24) is 15.1 Å². The number of aromatic amines is 1. The van der Waals surface area contributed by atoms with Crippen molar-refractivity contribution in [3.63, 3.8) is 0 Å². The Labute approximate surface area is 119 Å². The van der Waals surface area contributed by atoms with Crippen molar-refractivity contribution in [2.45, 2.75) is 33.1 Å². The van der Waals surface area contributed by atoms with Crippen LogP contribution in [0.25, 0.3) is 0 Å². The average Bonchev–Trinajstić information content (AvgIpc) is 3.07. The lowest BCUT2D eigenvalue weighted by molar-refractivity contribution is 0.0726. The van der Waals surface area contributed by atoms with Gasteiger partial charge in [0.2, 0.25) is 0 Å². The van der Waals surface area contributed by atoms with Crippen LogP contribution < -0.4 is 5.73 Å². The Hall–Kier alpha value is -1.56. The summed E-state index contributed by atoms with van der Waals surface area (Å²) < 4.78 is 5.36. The fourth-order valence-corrected chi connectivity index (χ4v) is 2.53. The van der Waals surface area contributed by atoms with Gasteiger partial charge in [0.1, 0.15) is 0 Å². The Balaban J connectivity index is 2.07. The van der Waals surface area contributed by atoms with E-state index in [1.807, 2.05) is 11.8 Å². The van der Waals surface area contributed by atoms with Crippen LogP contribution in [0, 0.1) is 5.92 Å². The number of aryl methyl sites for hydroxylation is 1. The first-order valence-electron chi connectivity index (χ1n) is 7.37. The van der Waals surface area contributed by atoms with Gasteiger partial charge in [-0.3, -0.25) is 9.89 Å². The van der Waals surface area contributed by atoms with Gasteiger partial charge in [-0.2, -0.15) is 5.10 Å². The maximum absolute atomic E-state index is 12.5. The molecule has 1 aliphatic heterocycles. The summed E-state index contributed by atoms with van der Waals surface area (Å²) in [5.74, 6) is 0.338. The summed E-state index contributed by atoms with van der Waals surface area (Å²) in [6, 6.07) is 0. The lowest BCUT2D eigenvalue weighted by Crippen LogP contribution is -2.36. The number of hydrogen-bond donors (Lipinski definition) is 2. The number of nitrogen functional groups attached to an aromatic ring is 1. The third kappa shape index (κ3) is 3.12. The minimum Gasteiger partial charge on any atom is -0.395 e. The number of aromatic nitrogens is 2. The molecular weight excluding hydrogens is 256 g/mol. The molecule has 0 aliphatic carbocycles. The van der Waals surface area contributed by atoms with Crippen LogP contribution in [0.1, 0.15) is 42.9 Å². The predicted octanol–water partition coefficient (Wildman–Crippen LogP) is 1.44. The second-order valence-electron chi connectivity index (χ2n) is 5.29. The van der Waals surface area contributed by atoms with E-state index in [1.54, 1.807) is 0 Å². The third-order valence-corrected chi connectivity index (χ3v) is 3.76. The molecular formula is C14H24N4O2. The summed E-state index contributed by atoms with van der Waals surface area (Å²) in [6.07, 6.45) is 2.80. The lowest BCUT2D eigenvalue weighted by atomic mass is 10.1. The molecule has 1 amide bonds. The van der Waals surface area contributed by atoms with E-state index in [4.69, 9.17) is 10.5 Å². The van der Waals surface area contributed by atoms with Crippen LogP contribution in [0.5, 0.6) is 0 Å². The fraction of sp³-hybridized carbons (Fsp3) is 0.714. The standard InChI is InChI=1S/C14H24N4O2/c1-3-5-11-12(15)13(17-16-11)14(19)18(4-2)8-10-6-7-20-9-10/h10H,3-9,15H2,1-2H3,(H,16,17). The van der Waals surface area contributed by atoms with Gasteiger partial charge in [0, 0.05) is 25.6 Å². The summed E-state index contributed by atoms with van der Waals surface area (Å²) >= 11 is 0. The summed E-state index contributed by atoms with van der Waals surface area (Å²) in [6.45, 7) is 6.95. The van der Waals surface area contributed by atoms with Gasteiger partial charge in [-0.15, -0.1) is 0 Å². The number of carbonyl (C=O) groups excluding carboxylic acids is 1. The molecule has 0 bridgehead atoms. The third-order valence-electron chi connectivity index (χ3n) is 3.76. The topological polar surface area (TPSA) is 84.2 Å². The Morgan fingerprint density at radius 3 is 2.95 bits per heavy atom. The van der Waals surface area contributed by atoms with E-state index in [0.717, 1.165) is 38.2 Å². The highest BCUT2D eigenvalue weighted by Gasteiger charge is 2.25. The number of nitrogens with zero attached hydrogens (tertiary/aromatic N) is 2. The van der Waals surface area contributed by atoms with Crippen molar-refractivity contribution in [3.8, 4) is 0 Å². The van der Waals surface area contributed by atoms with Crippen LogP contribution in [-0.4, -0.2) is 47.3 Å². The summed E-state index contributed by atoms with van der Waals surface area (Å²) in [4.78, 5) is 14.3. The number of nitrogens with two attached hydrogens (primary N) is 1. The van der Waals surface area contributed by atoms with Gasteiger partial charge in [-0.1, -0.05) is 13.3 Å². The molecule has 1 unspecified atom stereocenters. The normalized spacial score (nSPS) is 18.4. The van der Waals surface area contributed by atoms with Gasteiger partial charge in [0.15, 0.2) is 5.69 Å². The highest BCUT2D eigenvalue weighted by Crippen LogP contribution is 2.20. The second-order valence-corrected chi connectivity index (χ2v) is 5.29. The van der Waals surface area contributed by atoms with Gasteiger partial charge in [-0.05, 0) is 19.8 Å². The molecule has 0 radical (unpaired) electrons. The van der Waals surface area contributed by atoms with Crippen LogP contribution in [0.2, 0.25) is 0 Å². The number of ether oxygens (including phenoxy) is 1. The molecule has 6 heteroatoms. The van der Waals surface area contributed by atoms with Gasteiger partial charge < -0.3 is 15.4 Å². The Kier molecular flexibility index (Phi) is 5.00. The first kappa shape index (κ1) is 14.8. The molecule has 1 aromatic rings. The van der Waals surface area contributed by atoms with Crippen LogP contribution in [0.4, 0.5) is 5.69 Å². The minimum atomic E-state index is -0.0875. The molecule has 2 rings (SSSR count). The maximum Gasteiger partial charge on any atom is 0.276 e. The molecule has 1 fully saturated rings. The number of amides is 1. The fourth-order valence-electron chi connectivity index (χ4n) is 2.53. The largest absolute Gasteiger partial charge is 0.395 e. The van der Waals surface area contributed by atoms with E-state index >= 15 is 0 Å². The van der Waals surface area contributed by atoms with Crippen molar-refractivity contribution >= 4 is 11.6 Å². The number of hydrogen-bond acceptors (Lipinski definition) is 4. The lowest BCUT2D eigenvalue weighted by Gasteiger charge is -2.23. The van der Waals surface area contributed by atoms with E-state index in [9.17, 15) is 4.79 Å². The number of rotatable bonds is 6. The molecule has 112 valence electrons. The molecule has 6 nitrogen and oxygen atoms in total. The van der Waals surface area contributed by atoms with Crippen molar-refractivity contribution in [1.29, 1.82) is 0 Å². The van der Waals surface area contributed by atoms with Crippen molar-refractivity contribution < 1.29 is 9.53 Å². The van der Waals surface area contributed by atoms with Gasteiger partial charge in [0.05, 0.1) is 18.0 Å². The van der Waals surface area contributed by atoms with Gasteiger partial charge >= 0.3 is 0 Å². The SMILES string of the molecule is CCCc1[nH]nc(C(=O)N(CC)CC2CCOC2)c1N. The monoisotopic (exact) mass is 280 g/mol. The summed E-state index contributed by atoms with van der Waals surface area (Å²) in [7, 11) is 0. The molecule has 2 heterocycles. The first-order valence-corrected chi connectivity index (χ1v) is 7.37. The smallest absolute Gasteiger partial charge is 0.276 e. The quantitative estimate of drug-likeness (QED) is 0.826. The zero-order valence-electron chi connectivity index (χ0n) is 12.3. The summed E-state index contributed by atoms with van der Waals surface area (Å²) in [5.41, 5.74) is 7.74. The summed E-state index contributed by atoms with van der Waals surface area (Å²) in [5, 5.41) is 6.99. The molecule has 1 aromatic heterocycles. The predicted molar refractivity (Wildman–Crippen MR) is 77.5 cm³/mol. The van der Waals surface area contributed by atoms with Crippen LogP contribution >= 0.6 is 0 Å². The molecule has 0 aromatic carbocycles. The number of carbonyl (C=O) groups is 1. The molecule has 1 atom stereocenters. The van der Waals surface area contributed by atoms with Crippen molar-refractivity contribution in [3.05, 3.63) is 11.4 Å².